The Balaban J connectivity index is 1.54. The minimum atomic E-state index is -0.431. The normalized spacial score (nSPS) is 10.3. The van der Waals surface area contributed by atoms with E-state index in [1.165, 1.54) is 24.3 Å². The molecule has 0 saturated heterocycles. The fourth-order valence-corrected chi connectivity index (χ4v) is 2.90. The van der Waals surface area contributed by atoms with E-state index in [9.17, 15) is 14.0 Å². The summed E-state index contributed by atoms with van der Waals surface area (Å²) < 4.78 is 23.8. The molecule has 0 heterocycles. The number of carbonyl (C=O) groups is 2. The Morgan fingerprint density at radius 3 is 2.03 bits per heavy atom. The number of rotatable bonds is 8. The van der Waals surface area contributed by atoms with Crippen LogP contribution in [0.3, 0.4) is 0 Å². The summed E-state index contributed by atoms with van der Waals surface area (Å²) in [5.74, 6) is -0.291. The van der Waals surface area contributed by atoms with E-state index in [-0.39, 0.29) is 13.2 Å². The van der Waals surface area contributed by atoms with E-state index >= 15 is 0 Å². The van der Waals surface area contributed by atoms with E-state index in [0.717, 1.165) is 5.56 Å². The lowest BCUT2D eigenvalue weighted by Gasteiger charge is -2.14. The third kappa shape index (κ3) is 6.72. The number of anilines is 2. The van der Waals surface area contributed by atoms with Crippen molar-refractivity contribution >= 4 is 34.8 Å². The second-order valence-electron chi connectivity index (χ2n) is 6.58. The number of nitrogens with one attached hydrogen (secondary N) is 2. The van der Waals surface area contributed by atoms with Crippen LogP contribution < -0.4 is 20.1 Å². The number of para-hydroxylation sites is 2. The Kier molecular flexibility index (Phi) is 7.45. The molecule has 8 heteroatoms. The number of halogens is 2. The molecule has 0 atom stereocenters. The highest BCUT2D eigenvalue weighted by molar-refractivity contribution is 6.30. The van der Waals surface area contributed by atoms with Gasteiger partial charge >= 0.3 is 0 Å². The summed E-state index contributed by atoms with van der Waals surface area (Å²) in [6, 6.07) is 17.2. The summed E-state index contributed by atoms with van der Waals surface area (Å²) >= 11 is 5.92. The van der Waals surface area contributed by atoms with Crippen LogP contribution in [0.25, 0.3) is 0 Å². The Labute approximate surface area is 183 Å². The summed E-state index contributed by atoms with van der Waals surface area (Å²) in [7, 11) is 0. The predicted octanol–water partition coefficient (Wildman–Crippen LogP) is 4.82. The maximum atomic E-state index is 12.9. The molecule has 3 rings (SSSR count). The highest BCUT2D eigenvalue weighted by Crippen LogP contribution is 2.23. The molecular formula is C23H20ClFN2O4. The largest absolute Gasteiger partial charge is 0.484 e. The van der Waals surface area contributed by atoms with Crippen LogP contribution in [-0.2, 0) is 9.59 Å². The van der Waals surface area contributed by atoms with Crippen LogP contribution in [-0.4, -0.2) is 25.0 Å². The predicted molar refractivity (Wildman–Crippen MR) is 117 cm³/mol. The SMILES string of the molecule is Cc1cc(Cl)ccc1OCC(=O)Nc1ccccc1NC(=O)COc1ccc(F)cc1. The minimum Gasteiger partial charge on any atom is -0.484 e. The fourth-order valence-electron chi connectivity index (χ4n) is 2.67. The lowest BCUT2D eigenvalue weighted by Crippen LogP contribution is -2.23. The van der Waals surface area contributed by atoms with Crippen molar-refractivity contribution in [1.29, 1.82) is 0 Å². The van der Waals surface area contributed by atoms with Crippen molar-refractivity contribution in [3.8, 4) is 11.5 Å². The van der Waals surface area contributed by atoms with Gasteiger partial charge < -0.3 is 20.1 Å². The zero-order valence-corrected chi connectivity index (χ0v) is 17.4. The number of carbonyl (C=O) groups excluding carboxylic acids is 2. The number of hydrogen-bond donors (Lipinski definition) is 2. The van der Waals surface area contributed by atoms with Gasteiger partial charge in [0.25, 0.3) is 11.8 Å². The fraction of sp³-hybridized carbons (Fsp3) is 0.130. The second-order valence-corrected chi connectivity index (χ2v) is 7.02. The Morgan fingerprint density at radius 2 is 1.45 bits per heavy atom. The molecule has 3 aromatic carbocycles. The monoisotopic (exact) mass is 442 g/mol. The van der Waals surface area contributed by atoms with Gasteiger partial charge in [-0.3, -0.25) is 9.59 Å². The lowest BCUT2D eigenvalue weighted by atomic mass is 10.2. The first-order chi connectivity index (χ1) is 14.9. The molecule has 0 unspecified atom stereocenters. The maximum absolute atomic E-state index is 12.9. The molecule has 0 aromatic heterocycles. The molecule has 31 heavy (non-hydrogen) atoms. The number of ether oxygens (including phenoxy) is 2. The average molecular weight is 443 g/mol. The molecule has 2 amide bonds. The Morgan fingerprint density at radius 1 is 0.871 bits per heavy atom. The zero-order valence-electron chi connectivity index (χ0n) is 16.7. The van der Waals surface area contributed by atoms with Crippen molar-refractivity contribution in [2.24, 2.45) is 0 Å². The topological polar surface area (TPSA) is 76.7 Å². The van der Waals surface area contributed by atoms with Crippen molar-refractivity contribution in [3.05, 3.63) is 83.1 Å². The summed E-state index contributed by atoms with van der Waals surface area (Å²) in [6.07, 6.45) is 0. The van der Waals surface area contributed by atoms with Crippen LogP contribution in [0, 0.1) is 12.7 Å². The van der Waals surface area contributed by atoms with Crippen molar-refractivity contribution in [1.82, 2.24) is 0 Å². The van der Waals surface area contributed by atoms with Gasteiger partial charge in [-0.05, 0) is 67.1 Å². The summed E-state index contributed by atoms with van der Waals surface area (Å²) in [6.45, 7) is 1.35. The van der Waals surface area contributed by atoms with Crippen LogP contribution in [0.2, 0.25) is 5.02 Å². The third-order valence-corrected chi connectivity index (χ3v) is 4.39. The van der Waals surface area contributed by atoms with Crippen LogP contribution >= 0.6 is 11.6 Å². The molecule has 6 nitrogen and oxygen atoms in total. The van der Waals surface area contributed by atoms with Gasteiger partial charge in [-0.2, -0.15) is 0 Å². The lowest BCUT2D eigenvalue weighted by molar-refractivity contribution is -0.119. The van der Waals surface area contributed by atoms with Gasteiger partial charge in [0.1, 0.15) is 17.3 Å². The molecule has 0 aliphatic rings. The van der Waals surface area contributed by atoms with E-state index in [4.69, 9.17) is 21.1 Å². The standard InChI is InChI=1S/C23H20ClFN2O4/c1-15-12-16(24)6-11-21(15)31-14-23(29)27-20-5-3-2-4-19(20)26-22(28)13-30-18-9-7-17(25)8-10-18/h2-12H,13-14H2,1H3,(H,26,28)(H,27,29). The summed E-state index contributed by atoms with van der Waals surface area (Å²) in [5, 5.41) is 5.97. The number of amides is 2. The van der Waals surface area contributed by atoms with Gasteiger partial charge in [-0.15, -0.1) is 0 Å². The highest BCUT2D eigenvalue weighted by Gasteiger charge is 2.11. The maximum Gasteiger partial charge on any atom is 0.262 e. The number of hydrogen-bond acceptors (Lipinski definition) is 4. The molecule has 0 bridgehead atoms. The Bertz CT molecular complexity index is 1070. The molecule has 0 saturated carbocycles. The highest BCUT2D eigenvalue weighted by atomic mass is 35.5. The van der Waals surface area contributed by atoms with E-state index in [2.05, 4.69) is 10.6 Å². The van der Waals surface area contributed by atoms with Crippen LogP contribution in [0.5, 0.6) is 11.5 Å². The first-order valence-electron chi connectivity index (χ1n) is 9.37. The van der Waals surface area contributed by atoms with Crippen molar-refractivity contribution in [3.63, 3.8) is 0 Å². The molecule has 0 aliphatic heterocycles. The molecule has 0 fully saturated rings. The molecule has 2 N–H and O–H groups in total. The van der Waals surface area contributed by atoms with Gasteiger partial charge in [0, 0.05) is 5.02 Å². The molecule has 0 radical (unpaired) electrons. The second kappa shape index (κ2) is 10.4. The van der Waals surface area contributed by atoms with E-state index in [0.29, 0.717) is 27.9 Å². The smallest absolute Gasteiger partial charge is 0.262 e. The number of aryl methyl sites for hydroxylation is 1. The Hall–Kier alpha value is -3.58. The van der Waals surface area contributed by atoms with Gasteiger partial charge in [-0.1, -0.05) is 23.7 Å². The zero-order chi connectivity index (χ0) is 22.2. The first-order valence-corrected chi connectivity index (χ1v) is 9.74. The van der Waals surface area contributed by atoms with Crippen molar-refractivity contribution in [2.75, 3.05) is 23.8 Å². The van der Waals surface area contributed by atoms with E-state index in [1.54, 1.807) is 42.5 Å². The van der Waals surface area contributed by atoms with Crippen LogP contribution in [0.4, 0.5) is 15.8 Å². The van der Waals surface area contributed by atoms with Crippen LogP contribution in [0.1, 0.15) is 5.56 Å². The first kappa shape index (κ1) is 22.1. The quantitative estimate of drug-likeness (QED) is 0.524. The molecule has 0 spiro atoms. The van der Waals surface area contributed by atoms with Crippen molar-refractivity contribution in [2.45, 2.75) is 6.92 Å². The molecule has 3 aromatic rings. The van der Waals surface area contributed by atoms with Crippen LogP contribution in [0.15, 0.2) is 66.7 Å². The van der Waals surface area contributed by atoms with Gasteiger partial charge in [-0.25, -0.2) is 4.39 Å². The number of benzene rings is 3. The summed E-state index contributed by atoms with van der Waals surface area (Å²) in [5.41, 5.74) is 1.64. The third-order valence-electron chi connectivity index (χ3n) is 4.15. The average Bonchev–Trinajstić information content (AvgIpc) is 2.74. The van der Waals surface area contributed by atoms with Crippen molar-refractivity contribution < 1.29 is 23.5 Å². The molecule has 0 aliphatic carbocycles. The van der Waals surface area contributed by atoms with E-state index in [1.807, 2.05) is 6.92 Å². The van der Waals surface area contributed by atoms with Gasteiger partial charge in [0.05, 0.1) is 11.4 Å². The van der Waals surface area contributed by atoms with E-state index < -0.39 is 17.6 Å². The van der Waals surface area contributed by atoms with Gasteiger partial charge in [0.15, 0.2) is 13.2 Å². The minimum absolute atomic E-state index is 0.210. The molecular weight excluding hydrogens is 423 g/mol. The molecule has 160 valence electrons. The summed E-state index contributed by atoms with van der Waals surface area (Å²) in [4.78, 5) is 24.5. The van der Waals surface area contributed by atoms with Gasteiger partial charge in [0.2, 0.25) is 0 Å².